The predicted molar refractivity (Wildman–Crippen MR) is 119 cm³/mol. The molecule has 0 aliphatic carbocycles. The van der Waals surface area contributed by atoms with E-state index >= 15 is 0 Å². The summed E-state index contributed by atoms with van der Waals surface area (Å²) in [5, 5.41) is 0. The number of ether oxygens (including phenoxy) is 1. The fraction of sp³-hybridized carbons (Fsp3) is 0.227. The molecular formula is C22H20N2O5S2. The van der Waals surface area contributed by atoms with E-state index in [2.05, 4.69) is 10.9 Å². The molecule has 2 aromatic carbocycles. The Hall–Kier alpha value is -3.22. The smallest absolute Gasteiger partial charge is 0.337 e. The largest absolute Gasteiger partial charge is 0.465 e. The second-order valence-electron chi connectivity index (χ2n) is 6.68. The predicted octanol–water partition coefficient (Wildman–Crippen LogP) is 2.55. The van der Waals surface area contributed by atoms with Crippen molar-refractivity contribution in [1.29, 1.82) is 0 Å². The van der Waals surface area contributed by atoms with Gasteiger partial charge in [0.05, 0.1) is 40.9 Å². The van der Waals surface area contributed by atoms with Gasteiger partial charge in [-0.15, -0.1) is 6.42 Å². The molecule has 0 saturated heterocycles. The van der Waals surface area contributed by atoms with Crippen molar-refractivity contribution < 1.29 is 22.7 Å². The van der Waals surface area contributed by atoms with Crippen LogP contribution in [0, 0.1) is 12.3 Å². The first kappa shape index (κ1) is 22.5. The Balaban J connectivity index is 1.83. The van der Waals surface area contributed by atoms with Crippen LogP contribution in [-0.4, -0.2) is 37.7 Å². The Bertz CT molecular complexity index is 1330. The lowest BCUT2D eigenvalue weighted by Gasteiger charge is -2.03. The Morgan fingerprint density at radius 2 is 1.94 bits per heavy atom. The number of fused-ring (bicyclic) bond motifs is 1. The van der Waals surface area contributed by atoms with E-state index < -0.39 is 21.7 Å². The third-order valence-electron chi connectivity index (χ3n) is 4.43. The summed E-state index contributed by atoms with van der Waals surface area (Å²) in [6, 6.07) is 13.8. The van der Waals surface area contributed by atoms with Crippen molar-refractivity contribution in [3.8, 4) is 12.3 Å². The molecule has 160 valence electrons. The molecule has 0 atom stereocenters. The molecule has 1 amide bonds. The lowest BCUT2D eigenvalue weighted by molar-refractivity contribution is -0.117. The zero-order valence-corrected chi connectivity index (χ0v) is 18.4. The van der Waals surface area contributed by atoms with E-state index in [4.69, 9.17) is 11.2 Å². The maximum atomic E-state index is 12.4. The van der Waals surface area contributed by atoms with E-state index in [1.54, 1.807) is 47.0 Å². The van der Waals surface area contributed by atoms with E-state index in [-0.39, 0.29) is 24.5 Å². The van der Waals surface area contributed by atoms with Crippen molar-refractivity contribution >= 4 is 43.3 Å². The van der Waals surface area contributed by atoms with Crippen LogP contribution in [0.15, 0.2) is 53.5 Å². The van der Waals surface area contributed by atoms with Gasteiger partial charge in [0.1, 0.15) is 0 Å². The van der Waals surface area contributed by atoms with Crippen molar-refractivity contribution in [2.75, 3.05) is 12.9 Å². The third kappa shape index (κ3) is 5.69. The molecule has 0 unspecified atom stereocenters. The Kier molecular flexibility index (Phi) is 7.05. The van der Waals surface area contributed by atoms with E-state index in [9.17, 15) is 18.0 Å². The van der Waals surface area contributed by atoms with Crippen LogP contribution in [0.1, 0.15) is 22.3 Å². The zero-order valence-electron chi connectivity index (χ0n) is 16.8. The number of benzene rings is 2. The molecule has 31 heavy (non-hydrogen) atoms. The summed E-state index contributed by atoms with van der Waals surface area (Å²) < 4.78 is 31.8. The first-order valence-electron chi connectivity index (χ1n) is 9.30. The summed E-state index contributed by atoms with van der Waals surface area (Å²) in [5.74, 6) is 1.07. The number of nitrogens with zero attached hydrogens (tertiary/aromatic N) is 2. The number of carbonyl (C=O) groups is 2. The minimum atomic E-state index is -3.45. The van der Waals surface area contributed by atoms with Gasteiger partial charge in [-0.1, -0.05) is 47.6 Å². The van der Waals surface area contributed by atoms with Crippen LogP contribution in [0.4, 0.5) is 0 Å². The SMILES string of the molecule is C#CCn1c(=NC(=O)CCS(=O)(=O)Cc2ccccc2)sc2cc(C(=O)OC)ccc21. The number of methoxy groups -OCH3 is 1. The van der Waals surface area contributed by atoms with Crippen molar-refractivity contribution in [2.24, 2.45) is 4.99 Å². The maximum Gasteiger partial charge on any atom is 0.337 e. The van der Waals surface area contributed by atoms with Crippen LogP contribution in [0.25, 0.3) is 10.2 Å². The summed E-state index contributed by atoms with van der Waals surface area (Å²) in [6.45, 7) is 0.177. The van der Waals surface area contributed by atoms with Gasteiger partial charge in [0.15, 0.2) is 14.6 Å². The van der Waals surface area contributed by atoms with Gasteiger partial charge in [-0.3, -0.25) is 4.79 Å². The molecular weight excluding hydrogens is 436 g/mol. The Labute approximate surface area is 183 Å². The van der Waals surface area contributed by atoms with Gasteiger partial charge < -0.3 is 9.30 Å². The number of hydrogen-bond acceptors (Lipinski definition) is 6. The number of amides is 1. The molecule has 3 aromatic rings. The van der Waals surface area contributed by atoms with Crippen molar-refractivity contribution in [1.82, 2.24) is 4.57 Å². The van der Waals surface area contributed by atoms with Crippen LogP contribution >= 0.6 is 11.3 Å². The van der Waals surface area contributed by atoms with Crippen molar-refractivity contribution in [3.63, 3.8) is 0 Å². The molecule has 0 radical (unpaired) electrons. The Morgan fingerprint density at radius 1 is 1.19 bits per heavy atom. The summed E-state index contributed by atoms with van der Waals surface area (Å²) in [4.78, 5) is 28.6. The van der Waals surface area contributed by atoms with Crippen molar-refractivity contribution in [2.45, 2.75) is 18.7 Å². The molecule has 3 rings (SSSR count). The number of carbonyl (C=O) groups excluding carboxylic acids is 2. The first-order chi connectivity index (χ1) is 14.8. The van der Waals surface area contributed by atoms with E-state index in [0.717, 1.165) is 5.52 Å². The molecule has 0 aliphatic heterocycles. The standard InChI is InChI=1S/C22H20N2O5S2/c1-3-12-24-18-10-9-17(21(26)29-2)14-19(18)30-22(24)23-20(25)11-13-31(27,28)15-16-7-5-4-6-8-16/h1,4-10,14H,11-13,15H2,2H3. The number of sulfone groups is 1. The van der Waals surface area contributed by atoms with Gasteiger partial charge in [0.2, 0.25) is 5.91 Å². The van der Waals surface area contributed by atoms with Crippen LogP contribution in [0.2, 0.25) is 0 Å². The Morgan fingerprint density at radius 3 is 2.61 bits per heavy atom. The average molecular weight is 457 g/mol. The molecule has 0 spiro atoms. The van der Waals surface area contributed by atoms with Gasteiger partial charge >= 0.3 is 5.97 Å². The van der Waals surface area contributed by atoms with Gasteiger partial charge in [0.25, 0.3) is 0 Å². The van der Waals surface area contributed by atoms with E-state index in [1.165, 1.54) is 18.4 Å². The summed E-state index contributed by atoms with van der Waals surface area (Å²) in [7, 11) is -2.16. The topological polar surface area (TPSA) is 94.8 Å². The van der Waals surface area contributed by atoms with Crippen LogP contribution in [0.5, 0.6) is 0 Å². The van der Waals surface area contributed by atoms with Gasteiger partial charge in [-0.25, -0.2) is 13.2 Å². The highest BCUT2D eigenvalue weighted by molar-refractivity contribution is 7.90. The third-order valence-corrected chi connectivity index (χ3v) is 7.07. The summed E-state index contributed by atoms with van der Waals surface area (Å²) in [5.41, 5.74) is 1.76. The summed E-state index contributed by atoms with van der Waals surface area (Å²) in [6.07, 6.45) is 5.22. The van der Waals surface area contributed by atoms with Crippen LogP contribution < -0.4 is 4.80 Å². The minimum absolute atomic E-state index is 0.128. The monoisotopic (exact) mass is 456 g/mol. The molecule has 1 aromatic heterocycles. The number of terminal acetylenes is 1. The molecule has 0 saturated carbocycles. The first-order valence-corrected chi connectivity index (χ1v) is 11.9. The van der Waals surface area contributed by atoms with Crippen molar-refractivity contribution in [3.05, 3.63) is 64.5 Å². The van der Waals surface area contributed by atoms with Gasteiger partial charge in [-0.2, -0.15) is 4.99 Å². The number of hydrogen-bond donors (Lipinski definition) is 0. The highest BCUT2D eigenvalue weighted by atomic mass is 32.2. The molecule has 0 bridgehead atoms. The lowest BCUT2D eigenvalue weighted by Crippen LogP contribution is -2.18. The quantitative estimate of drug-likeness (QED) is 0.402. The molecule has 0 aliphatic rings. The van der Waals surface area contributed by atoms with Crippen LogP contribution in [0.3, 0.4) is 0 Å². The summed E-state index contributed by atoms with van der Waals surface area (Å²) >= 11 is 1.19. The lowest BCUT2D eigenvalue weighted by atomic mass is 10.2. The highest BCUT2D eigenvalue weighted by Gasteiger charge is 2.15. The fourth-order valence-corrected chi connectivity index (χ4v) is 5.37. The number of rotatable bonds is 7. The fourth-order valence-electron chi connectivity index (χ4n) is 2.95. The van der Waals surface area contributed by atoms with Gasteiger partial charge in [0, 0.05) is 6.42 Å². The normalized spacial score (nSPS) is 11.9. The molecule has 7 nitrogen and oxygen atoms in total. The maximum absolute atomic E-state index is 12.4. The van der Waals surface area contributed by atoms with Crippen LogP contribution in [-0.2, 0) is 31.7 Å². The molecule has 0 fully saturated rings. The molecule has 0 N–H and O–H groups in total. The highest BCUT2D eigenvalue weighted by Crippen LogP contribution is 2.20. The average Bonchev–Trinajstić information content (AvgIpc) is 3.08. The second kappa shape index (κ2) is 9.73. The van der Waals surface area contributed by atoms with E-state index in [1.807, 2.05) is 6.07 Å². The minimum Gasteiger partial charge on any atom is -0.465 e. The zero-order chi connectivity index (χ0) is 22.4. The molecule has 1 heterocycles. The van der Waals surface area contributed by atoms with Gasteiger partial charge in [-0.05, 0) is 23.8 Å². The number of thiazole rings is 1. The second-order valence-corrected chi connectivity index (χ2v) is 9.88. The number of esters is 1. The molecule has 9 heteroatoms. The van der Waals surface area contributed by atoms with E-state index in [0.29, 0.717) is 20.6 Å². The number of aromatic nitrogens is 1.